The number of anilines is 1. The third-order valence-electron chi connectivity index (χ3n) is 3.42. The first-order chi connectivity index (χ1) is 12.0. The van der Waals surface area contributed by atoms with Crippen LogP contribution in [-0.2, 0) is 16.1 Å². The highest BCUT2D eigenvalue weighted by molar-refractivity contribution is 6.34. The molecule has 8 heteroatoms. The number of aliphatic hydroxyl groups is 1. The molecule has 1 atom stereocenters. The van der Waals surface area contributed by atoms with E-state index in [9.17, 15) is 9.90 Å². The Morgan fingerprint density at radius 3 is 2.68 bits per heavy atom. The van der Waals surface area contributed by atoms with Gasteiger partial charge in [-0.2, -0.15) is 0 Å². The monoisotopic (exact) mass is 380 g/mol. The Morgan fingerprint density at radius 2 is 2.00 bits per heavy atom. The van der Waals surface area contributed by atoms with Crippen LogP contribution >= 0.6 is 23.2 Å². The summed E-state index contributed by atoms with van der Waals surface area (Å²) in [6.45, 7) is 0.255. The molecular weight excluding hydrogens is 367 g/mol. The van der Waals surface area contributed by atoms with E-state index in [1.54, 1.807) is 25.3 Å². The summed E-state index contributed by atoms with van der Waals surface area (Å²) in [5.74, 6) is -0.173. The number of rotatable bonds is 5. The van der Waals surface area contributed by atoms with Crippen LogP contribution < -0.4 is 5.32 Å². The van der Waals surface area contributed by atoms with Crippen LogP contribution in [-0.4, -0.2) is 23.1 Å². The van der Waals surface area contributed by atoms with E-state index in [0.29, 0.717) is 38.3 Å². The normalized spacial score (nSPS) is 12.3. The van der Waals surface area contributed by atoms with Crippen molar-refractivity contribution in [3.8, 4) is 0 Å². The summed E-state index contributed by atoms with van der Waals surface area (Å²) in [5, 5.41) is 13.5. The number of hydrogen-bond acceptors (Lipinski definition) is 5. The lowest BCUT2D eigenvalue weighted by Gasteiger charge is -2.12. The second-order valence-corrected chi connectivity index (χ2v) is 6.19. The molecule has 2 N–H and O–H groups in total. The van der Waals surface area contributed by atoms with Gasteiger partial charge >= 0.3 is 0 Å². The fourth-order valence-electron chi connectivity index (χ4n) is 2.33. The number of hydrogen-bond donors (Lipinski definition) is 2. The van der Waals surface area contributed by atoms with Gasteiger partial charge < -0.3 is 19.6 Å². The molecule has 0 saturated carbocycles. The van der Waals surface area contributed by atoms with Crippen molar-refractivity contribution in [3.05, 3.63) is 57.9 Å². The summed E-state index contributed by atoms with van der Waals surface area (Å²) in [4.78, 5) is 16.5. The summed E-state index contributed by atoms with van der Waals surface area (Å²) in [6, 6.07) is 9.46. The number of benzene rings is 2. The van der Waals surface area contributed by atoms with Crippen molar-refractivity contribution in [3.63, 3.8) is 0 Å². The van der Waals surface area contributed by atoms with Crippen molar-refractivity contribution in [2.45, 2.75) is 12.7 Å². The molecule has 130 valence electrons. The highest BCUT2D eigenvalue weighted by Gasteiger charge is 2.19. The van der Waals surface area contributed by atoms with Crippen molar-refractivity contribution in [2.24, 2.45) is 0 Å². The lowest BCUT2D eigenvalue weighted by Crippen LogP contribution is -2.20. The van der Waals surface area contributed by atoms with Crippen molar-refractivity contribution in [1.82, 2.24) is 4.98 Å². The number of fused-ring (bicyclic) bond motifs is 1. The van der Waals surface area contributed by atoms with Crippen LogP contribution in [0.4, 0.5) is 5.69 Å². The van der Waals surface area contributed by atoms with Crippen LogP contribution in [0.2, 0.25) is 10.0 Å². The van der Waals surface area contributed by atoms with Gasteiger partial charge in [-0.15, -0.1) is 0 Å². The van der Waals surface area contributed by atoms with Gasteiger partial charge in [-0.3, -0.25) is 4.79 Å². The van der Waals surface area contributed by atoms with Gasteiger partial charge in [-0.1, -0.05) is 23.2 Å². The quantitative estimate of drug-likeness (QED) is 0.699. The third-order valence-corrected chi connectivity index (χ3v) is 3.85. The zero-order valence-corrected chi connectivity index (χ0v) is 14.6. The summed E-state index contributed by atoms with van der Waals surface area (Å²) in [5.41, 5.74) is 1.93. The molecule has 25 heavy (non-hydrogen) atoms. The Bertz CT molecular complexity index is 906. The maximum absolute atomic E-state index is 12.3. The molecule has 0 aliphatic carbocycles. The molecular formula is C17H14Cl2N2O4. The molecule has 0 spiro atoms. The van der Waals surface area contributed by atoms with Crippen molar-refractivity contribution in [2.75, 3.05) is 12.4 Å². The molecule has 1 heterocycles. The molecule has 0 aliphatic rings. The van der Waals surface area contributed by atoms with Crippen LogP contribution in [0.5, 0.6) is 0 Å². The van der Waals surface area contributed by atoms with Gasteiger partial charge in [0.05, 0.1) is 0 Å². The predicted octanol–water partition coefficient (Wildman–Crippen LogP) is 3.95. The number of aliphatic hydroxyl groups excluding tert-OH is 1. The van der Waals surface area contributed by atoms with Crippen molar-refractivity contribution in [1.29, 1.82) is 0 Å². The van der Waals surface area contributed by atoms with Gasteiger partial charge in [-0.25, -0.2) is 4.98 Å². The minimum atomic E-state index is -1.41. The van der Waals surface area contributed by atoms with Crippen molar-refractivity contribution >= 4 is 45.9 Å². The number of halogens is 2. The fraction of sp³-hybridized carbons (Fsp3) is 0.176. The van der Waals surface area contributed by atoms with Gasteiger partial charge in [0.15, 0.2) is 11.7 Å². The Morgan fingerprint density at radius 1 is 1.28 bits per heavy atom. The third kappa shape index (κ3) is 4.11. The Hall–Kier alpha value is -2.12. The number of ether oxygens (including phenoxy) is 1. The lowest BCUT2D eigenvalue weighted by atomic mass is 10.1. The average Bonchev–Trinajstić information content (AvgIpc) is 2.95. The predicted molar refractivity (Wildman–Crippen MR) is 94.8 cm³/mol. The van der Waals surface area contributed by atoms with E-state index in [-0.39, 0.29) is 6.61 Å². The topological polar surface area (TPSA) is 84.6 Å². The van der Waals surface area contributed by atoms with Crippen LogP contribution in [0, 0.1) is 0 Å². The van der Waals surface area contributed by atoms with E-state index >= 15 is 0 Å². The molecule has 6 nitrogen and oxygen atoms in total. The Balaban J connectivity index is 1.78. The maximum Gasteiger partial charge on any atom is 0.257 e. The lowest BCUT2D eigenvalue weighted by molar-refractivity contribution is -0.124. The average molecular weight is 381 g/mol. The van der Waals surface area contributed by atoms with Crippen LogP contribution in [0.25, 0.3) is 11.1 Å². The summed E-state index contributed by atoms with van der Waals surface area (Å²) in [7, 11) is 1.55. The van der Waals surface area contributed by atoms with Crippen LogP contribution in [0.15, 0.2) is 40.8 Å². The Kier molecular flexibility index (Phi) is 5.24. The molecule has 3 aromatic rings. The molecule has 2 aromatic carbocycles. The van der Waals surface area contributed by atoms with Gasteiger partial charge in [0, 0.05) is 22.8 Å². The molecule has 0 bridgehead atoms. The van der Waals surface area contributed by atoms with Crippen molar-refractivity contribution < 1.29 is 19.1 Å². The second-order valence-electron chi connectivity index (χ2n) is 5.32. The molecule has 0 fully saturated rings. The first-order valence-corrected chi connectivity index (χ1v) is 8.05. The van der Waals surface area contributed by atoms with Gasteiger partial charge in [0.1, 0.15) is 12.1 Å². The van der Waals surface area contributed by atoms with Crippen LogP contribution in [0.3, 0.4) is 0 Å². The number of amides is 1. The number of methoxy groups -OCH3 is 1. The van der Waals surface area contributed by atoms with Gasteiger partial charge in [0.2, 0.25) is 5.89 Å². The summed E-state index contributed by atoms with van der Waals surface area (Å²) < 4.78 is 10.5. The second kappa shape index (κ2) is 7.41. The summed E-state index contributed by atoms with van der Waals surface area (Å²) >= 11 is 11.8. The number of carbonyl (C=O) groups is 1. The molecule has 0 radical (unpaired) electrons. The molecule has 3 rings (SSSR count). The zero-order chi connectivity index (χ0) is 18.0. The van der Waals surface area contributed by atoms with E-state index in [2.05, 4.69) is 10.3 Å². The standard InChI is InChI=1S/C17H14Cl2N2O4/c1-24-8-15-21-13-7-12(2-3-14(13)25-15)20-17(23)16(22)9-4-10(18)6-11(19)5-9/h2-7,16,22H,8H2,1H3,(H,20,23). The number of nitrogens with one attached hydrogen (secondary N) is 1. The maximum atomic E-state index is 12.3. The number of nitrogens with zero attached hydrogens (tertiary/aromatic N) is 1. The highest BCUT2D eigenvalue weighted by Crippen LogP contribution is 2.25. The molecule has 0 aliphatic heterocycles. The first kappa shape index (κ1) is 17.7. The first-order valence-electron chi connectivity index (χ1n) is 7.29. The number of oxazole rings is 1. The number of aromatic nitrogens is 1. The zero-order valence-electron chi connectivity index (χ0n) is 13.1. The highest BCUT2D eigenvalue weighted by atomic mass is 35.5. The molecule has 1 unspecified atom stereocenters. The molecule has 1 amide bonds. The number of carbonyl (C=O) groups excluding carboxylic acids is 1. The SMILES string of the molecule is COCc1nc2cc(NC(=O)C(O)c3cc(Cl)cc(Cl)c3)ccc2o1. The van der Waals surface area contributed by atoms with E-state index < -0.39 is 12.0 Å². The van der Waals surface area contributed by atoms with E-state index in [1.165, 1.54) is 18.2 Å². The minimum absolute atomic E-state index is 0.255. The van der Waals surface area contributed by atoms with Gasteiger partial charge in [0.25, 0.3) is 5.91 Å². The molecule has 0 saturated heterocycles. The van der Waals surface area contributed by atoms with E-state index in [1.807, 2.05) is 0 Å². The Labute approximate surface area is 153 Å². The van der Waals surface area contributed by atoms with E-state index in [0.717, 1.165) is 0 Å². The van der Waals surface area contributed by atoms with Gasteiger partial charge in [-0.05, 0) is 42.0 Å². The summed E-state index contributed by atoms with van der Waals surface area (Å²) in [6.07, 6.45) is -1.41. The van der Waals surface area contributed by atoms with Crippen LogP contribution in [0.1, 0.15) is 17.6 Å². The largest absolute Gasteiger partial charge is 0.438 e. The fourth-order valence-corrected chi connectivity index (χ4v) is 2.88. The minimum Gasteiger partial charge on any atom is -0.438 e. The smallest absolute Gasteiger partial charge is 0.257 e. The molecule has 1 aromatic heterocycles. The van der Waals surface area contributed by atoms with E-state index in [4.69, 9.17) is 32.4 Å².